The molecule has 0 amide bonds. The first-order valence-electron chi connectivity index (χ1n) is 17.0. The third kappa shape index (κ3) is 6.49. The van der Waals surface area contributed by atoms with E-state index in [1.165, 1.54) is 24.3 Å². The Hall–Kier alpha value is -5.38. The van der Waals surface area contributed by atoms with Gasteiger partial charge < -0.3 is 14.8 Å². The lowest BCUT2D eigenvalue weighted by Crippen LogP contribution is -2.26. The Morgan fingerprint density at radius 2 is 1.92 bits per heavy atom. The number of aromatic amines is 1. The number of aromatic nitrogens is 5. The summed E-state index contributed by atoms with van der Waals surface area (Å²) < 4.78 is 39.2. The van der Waals surface area contributed by atoms with Gasteiger partial charge in [0.1, 0.15) is 11.6 Å². The van der Waals surface area contributed by atoms with Gasteiger partial charge in [0.2, 0.25) is 0 Å². The lowest BCUT2D eigenvalue weighted by atomic mass is 9.76. The molecule has 6 aromatic rings. The van der Waals surface area contributed by atoms with Crippen LogP contribution in [0.3, 0.4) is 0 Å². The lowest BCUT2D eigenvalue weighted by molar-refractivity contribution is -0.141. The van der Waals surface area contributed by atoms with E-state index >= 15 is 8.78 Å². The summed E-state index contributed by atoms with van der Waals surface area (Å²) in [6, 6.07) is 19.6. The van der Waals surface area contributed by atoms with Crippen molar-refractivity contribution < 1.29 is 23.4 Å². The maximum Gasteiger partial charge on any atom is 0.306 e. The van der Waals surface area contributed by atoms with Gasteiger partial charge in [-0.15, -0.1) is 0 Å². The Morgan fingerprint density at radius 1 is 1.06 bits per heavy atom. The van der Waals surface area contributed by atoms with Crippen molar-refractivity contribution in [2.45, 2.75) is 64.2 Å². The number of fused-ring (bicyclic) bond motifs is 8. The fraction of sp³-hybridized carbons (Fsp3) is 0.300. The number of aliphatic carboxylic acids is 1. The van der Waals surface area contributed by atoms with Gasteiger partial charge in [-0.05, 0) is 79.6 Å². The normalized spacial score (nSPS) is 17.2. The van der Waals surface area contributed by atoms with Gasteiger partial charge in [0, 0.05) is 54.1 Å². The predicted molar refractivity (Wildman–Crippen MR) is 187 cm³/mol. The van der Waals surface area contributed by atoms with Crippen molar-refractivity contribution in [2.75, 3.05) is 0 Å². The smallest absolute Gasteiger partial charge is 0.306 e. The van der Waals surface area contributed by atoms with E-state index in [-0.39, 0.29) is 17.1 Å². The second-order valence-corrected chi connectivity index (χ2v) is 13.6. The number of pyridine rings is 1. The van der Waals surface area contributed by atoms with Crippen LogP contribution < -0.4 is 4.74 Å². The minimum absolute atomic E-state index is 0.0540. The van der Waals surface area contributed by atoms with Gasteiger partial charge >= 0.3 is 5.97 Å². The molecule has 256 valence electrons. The molecule has 8 rings (SSSR count). The molecule has 2 aliphatic heterocycles. The highest BCUT2D eigenvalue weighted by molar-refractivity contribution is 5.86. The average molecular weight is 676 g/mol. The Labute approximate surface area is 289 Å². The Morgan fingerprint density at radius 3 is 2.72 bits per heavy atom. The molecule has 10 heteroatoms. The number of nitrogens with one attached hydrogen (secondary N) is 1. The Kier molecular flexibility index (Phi) is 8.94. The number of aryl methyl sites for hydroxylation is 2. The molecule has 1 unspecified atom stereocenters. The molecule has 6 bridgehead atoms. The molecule has 2 atom stereocenters. The molecule has 0 aliphatic carbocycles. The Bertz CT molecular complexity index is 2190. The summed E-state index contributed by atoms with van der Waals surface area (Å²) in [5, 5.41) is 15.2. The van der Waals surface area contributed by atoms with Crippen LogP contribution in [0.25, 0.3) is 22.3 Å². The highest BCUT2D eigenvalue weighted by atomic mass is 19.1. The number of nitrogens with zero attached hydrogens (tertiary/aromatic N) is 4. The standard InChI is InChI=1S/C40H39F2N5O3/c1-24(38(48)49)18-26-9-7-10-27(19-26)40(2)16-6-4-5-8-25-11-12-28(44-23-25)20-31-30-15-17-43-35(30)22-34(42)36(31)50-29-13-14-33(41)32(21-29)37-45-39(40)46-47(37)3/h7,9-15,17,19,21-24,43H,4-6,8,16,18,20H2,1-3H3,(H,48,49)/t24?,40-/m1/s1. The van der Waals surface area contributed by atoms with Crippen LogP contribution in [-0.4, -0.2) is 35.8 Å². The van der Waals surface area contributed by atoms with Crippen molar-refractivity contribution >= 4 is 16.9 Å². The van der Waals surface area contributed by atoms with Crippen molar-refractivity contribution in [3.63, 3.8) is 0 Å². The molecular weight excluding hydrogens is 636 g/mol. The maximum atomic E-state index is 15.8. The molecule has 3 aromatic heterocycles. The summed E-state index contributed by atoms with van der Waals surface area (Å²) in [6.45, 7) is 3.80. The minimum atomic E-state index is -0.845. The molecule has 0 radical (unpaired) electrons. The van der Waals surface area contributed by atoms with Gasteiger partial charge in [0.25, 0.3) is 0 Å². The number of carbonyl (C=O) groups is 1. The quantitative estimate of drug-likeness (QED) is 0.194. The zero-order valence-corrected chi connectivity index (χ0v) is 28.3. The topological polar surface area (TPSA) is 106 Å². The summed E-state index contributed by atoms with van der Waals surface area (Å²) in [5.41, 5.74) is 4.59. The van der Waals surface area contributed by atoms with Crippen LogP contribution >= 0.6 is 0 Å². The summed E-state index contributed by atoms with van der Waals surface area (Å²) in [4.78, 5) is 24.4. The lowest BCUT2D eigenvalue weighted by Gasteiger charge is -2.28. The van der Waals surface area contributed by atoms with Gasteiger partial charge in [-0.2, -0.15) is 5.10 Å². The summed E-state index contributed by atoms with van der Waals surface area (Å²) in [6.07, 6.45) is 8.78. The average Bonchev–Trinajstić information content (AvgIpc) is 3.73. The van der Waals surface area contributed by atoms with Gasteiger partial charge in [0.05, 0.1) is 16.9 Å². The number of carboxylic acid groups (broad SMARTS) is 1. The first-order valence-corrected chi connectivity index (χ1v) is 17.0. The fourth-order valence-corrected chi connectivity index (χ4v) is 6.96. The van der Waals surface area contributed by atoms with Crippen LogP contribution in [0, 0.1) is 17.6 Å². The number of carboxylic acids is 1. The van der Waals surface area contributed by atoms with Crippen molar-refractivity contribution in [1.29, 1.82) is 0 Å². The van der Waals surface area contributed by atoms with E-state index < -0.39 is 28.9 Å². The van der Waals surface area contributed by atoms with Crippen molar-refractivity contribution in [1.82, 2.24) is 24.7 Å². The third-order valence-corrected chi connectivity index (χ3v) is 9.94. The van der Waals surface area contributed by atoms with Gasteiger partial charge in [-0.3, -0.25) is 9.78 Å². The van der Waals surface area contributed by atoms with Crippen molar-refractivity contribution in [3.05, 3.63) is 125 Å². The first kappa shape index (κ1) is 33.1. The van der Waals surface area contributed by atoms with E-state index in [1.54, 1.807) is 24.9 Å². The largest absolute Gasteiger partial charge is 0.481 e. The Balaban J connectivity index is 1.34. The highest BCUT2D eigenvalue weighted by Gasteiger charge is 2.34. The van der Waals surface area contributed by atoms with Gasteiger partial charge in [-0.1, -0.05) is 50.1 Å². The van der Waals surface area contributed by atoms with Crippen molar-refractivity contribution in [3.8, 4) is 22.9 Å². The van der Waals surface area contributed by atoms with E-state index in [1.807, 2.05) is 42.6 Å². The zero-order valence-electron chi connectivity index (χ0n) is 28.3. The molecule has 5 heterocycles. The van der Waals surface area contributed by atoms with Crippen LogP contribution in [0.4, 0.5) is 8.78 Å². The van der Waals surface area contributed by atoms with E-state index in [4.69, 9.17) is 19.8 Å². The van der Waals surface area contributed by atoms with E-state index in [9.17, 15) is 9.90 Å². The summed E-state index contributed by atoms with van der Waals surface area (Å²) in [7, 11) is 1.73. The SMILES string of the molecule is CC(Cc1cccc([C@@]2(C)CCCCCc3ccc(nc3)Cc3c(c(F)cc4[nH]ccc34)Oc3ccc(F)c(c3)-c3nc2nn3C)c1)C(=O)O. The van der Waals surface area contributed by atoms with Gasteiger partial charge in [0.15, 0.2) is 23.2 Å². The molecule has 0 spiro atoms. The molecule has 50 heavy (non-hydrogen) atoms. The second-order valence-electron chi connectivity index (χ2n) is 13.6. The molecule has 0 saturated carbocycles. The monoisotopic (exact) mass is 675 g/mol. The van der Waals surface area contributed by atoms with Crippen LogP contribution in [0.2, 0.25) is 0 Å². The molecule has 2 N–H and O–H groups in total. The fourth-order valence-electron chi connectivity index (χ4n) is 6.96. The number of rotatable bonds is 4. The van der Waals surface area contributed by atoms with E-state index in [0.29, 0.717) is 35.6 Å². The molecular formula is C40H39F2N5O3. The highest BCUT2D eigenvalue weighted by Crippen LogP contribution is 2.40. The predicted octanol–water partition coefficient (Wildman–Crippen LogP) is 8.71. The number of benzene rings is 3. The first-order chi connectivity index (χ1) is 24.1. The minimum Gasteiger partial charge on any atom is -0.481 e. The molecule has 0 fully saturated rings. The van der Waals surface area contributed by atoms with Crippen molar-refractivity contribution in [2.24, 2.45) is 13.0 Å². The zero-order chi connectivity index (χ0) is 35.0. The number of hydrogen-bond acceptors (Lipinski definition) is 5. The van der Waals surface area contributed by atoms with Crippen LogP contribution in [-0.2, 0) is 36.5 Å². The summed E-state index contributed by atoms with van der Waals surface area (Å²) >= 11 is 0. The van der Waals surface area contributed by atoms with Crippen LogP contribution in [0.15, 0.2) is 79.1 Å². The number of ether oxygens (including phenoxy) is 1. The van der Waals surface area contributed by atoms with E-state index in [2.05, 4.69) is 18.0 Å². The third-order valence-electron chi connectivity index (χ3n) is 9.94. The number of hydrogen-bond donors (Lipinski definition) is 2. The second kappa shape index (κ2) is 13.5. The van der Waals surface area contributed by atoms with Gasteiger partial charge in [-0.25, -0.2) is 18.4 Å². The maximum absolute atomic E-state index is 15.8. The number of H-pyrrole nitrogens is 1. The molecule has 2 aliphatic rings. The molecule has 0 saturated heterocycles. The van der Waals surface area contributed by atoms with E-state index in [0.717, 1.165) is 59.9 Å². The number of halogens is 2. The molecule has 8 nitrogen and oxygen atoms in total. The van der Waals surface area contributed by atoms with Crippen LogP contribution in [0.1, 0.15) is 73.3 Å². The van der Waals surface area contributed by atoms with Crippen LogP contribution in [0.5, 0.6) is 11.5 Å². The molecule has 3 aromatic carbocycles. The summed E-state index contributed by atoms with van der Waals surface area (Å²) in [5.74, 6) is -1.29.